The monoisotopic (exact) mass is 442 g/mol. The first-order valence-electron chi connectivity index (χ1n) is 9.00. The van der Waals surface area contributed by atoms with Gasteiger partial charge in [0.1, 0.15) is 0 Å². The third-order valence-electron chi connectivity index (χ3n) is 5.29. The van der Waals surface area contributed by atoms with E-state index in [1.54, 1.807) is 0 Å². The van der Waals surface area contributed by atoms with E-state index >= 15 is 0 Å². The molecular weight excluding hydrogens is 414 g/mol. The van der Waals surface area contributed by atoms with Crippen LogP contribution in [0.1, 0.15) is 25.7 Å². The Morgan fingerprint density at radius 1 is 1.15 bits per heavy atom. The maximum atomic E-state index is 14.0. The van der Waals surface area contributed by atoms with Gasteiger partial charge in [-0.2, -0.15) is 0 Å². The van der Waals surface area contributed by atoms with Gasteiger partial charge in [-0.3, -0.25) is 4.90 Å². The van der Waals surface area contributed by atoms with Gasteiger partial charge in [0.2, 0.25) is 0 Å². The van der Waals surface area contributed by atoms with Gasteiger partial charge in [0.15, 0.2) is 21.4 Å². The summed E-state index contributed by atoms with van der Waals surface area (Å²) in [7, 11) is -3.40. The molecule has 1 aromatic carbocycles. The second kappa shape index (κ2) is 10.8. The Hall–Kier alpha value is -0.600. The van der Waals surface area contributed by atoms with E-state index in [2.05, 4.69) is 10.2 Å². The average Bonchev–Trinajstić information content (AvgIpc) is 2.61. The summed E-state index contributed by atoms with van der Waals surface area (Å²) in [6, 6.07) is 4.52. The molecule has 0 aromatic heterocycles. The Labute approximate surface area is 173 Å². The molecule has 1 aliphatic heterocycles. The number of benzene rings is 1. The van der Waals surface area contributed by atoms with E-state index in [0.717, 1.165) is 51.3 Å². The minimum atomic E-state index is -3.40. The van der Waals surface area contributed by atoms with Gasteiger partial charge < -0.3 is 10.1 Å². The second-order valence-electron chi connectivity index (χ2n) is 7.14. The molecule has 27 heavy (non-hydrogen) atoms. The van der Waals surface area contributed by atoms with Crippen LogP contribution in [0.25, 0.3) is 0 Å². The summed E-state index contributed by atoms with van der Waals surface area (Å²) in [5, 5.41) is 3.38. The highest BCUT2D eigenvalue weighted by molar-refractivity contribution is 7.90. The Morgan fingerprint density at radius 2 is 1.78 bits per heavy atom. The number of hydrogen-bond acceptors (Lipinski definition) is 5. The molecule has 1 heterocycles. The number of ether oxygens (including phenoxy) is 1. The van der Waals surface area contributed by atoms with Gasteiger partial charge in [0.25, 0.3) is 0 Å². The summed E-state index contributed by atoms with van der Waals surface area (Å²) in [6.45, 7) is 4.90. The molecule has 2 aliphatic rings. The zero-order chi connectivity index (χ0) is 17.9. The molecule has 1 N–H and O–H groups in total. The number of sulfone groups is 1. The SMILES string of the molecule is CS(=O)(=O)c1ccc(OC[C@H]2CC[C@H](N3CCNCC3)CC2)c(F)c1.Cl.Cl. The molecule has 0 amide bonds. The maximum Gasteiger partial charge on any atom is 0.175 e. The molecule has 9 heteroatoms. The highest BCUT2D eigenvalue weighted by Gasteiger charge is 2.27. The highest BCUT2D eigenvalue weighted by Crippen LogP contribution is 2.29. The van der Waals surface area contributed by atoms with Crippen LogP contribution in [0.15, 0.2) is 23.1 Å². The largest absolute Gasteiger partial charge is 0.490 e. The minimum Gasteiger partial charge on any atom is -0.490 e. The molecule has 0 spiro atoms. The minimum absolute atomic E-state index is 0. The van der Waals surface area contributed by atoms with Crippen molar-refractivity contribution >= 4 is 34.7 Å². The fourth-order valence-electron chi connectivity index (χ4n) is 3.76. The lowest BCUT2D eigenvalue weighted by atomic mass is 9.85. The Balaban J connectivity index is 0.00000182. The number of piperazine rings is 1. The molecule has 1 aliphatic carbocycles. The van der Waals surface area contributed by atoms with E-state index in [9.17, 15) is 12.8 Å². The molecule has 156 valence electrons. The summed E-state index contributed by atoms with van der Waals surface area (Å²) in [4.78, 5) is 2.56. The second-order valence-corrected chi connectivity index (χ2v) is 9.15. The Morgan fingerprint density at radius 3 is 2.33 bits per heavy atom. The molecule has 5 nitrogen and oxygen atoms in total. The van der Waals surface area contributed by atoms with Crippen molar-refractivity contribution in [3.63, 3.8) is 0 Å². The van der Waals surface area contributed by atoms with Crippen molar-refractivity contribution in [1.82, 2.24) is 10.2 Å². The highest BCUT2D eigenvalue weighted by atomic mass is 35.5. The summed E-state index contributed by atoms with van der Waals surface area (Å²) in [5.74, 6) is -0.0396. The van der Waals surface area contributed by atoms with Crippen LogP contribution in [0, 0.1) is 11.7 Å². The normalized spacial score (nSPS) is 23.8. The van der Waals surface area contributed by atoms with Crippen LogP contribution in [0.5, 0.6) is 5.75 Å². The quantitative estimate of drug-likeness (QED) is 0.759. The van der Waals surface area contributed by atoms with Crippen LogP contribution in [0.2, 0.25) is 0 Å². The molecule has 0 bridgehead atoms. The smallest absolute Gasteiger partial charge is 0.175 e. The Bertz CT molecular complexity index is 692. The lowest BCUT2D eigenvalue weighted by Crippen LogP contribution is -2.49. The first-order chi connectivity index (χ1) is 11.9. The molecule has 0 radical (unpaired) electrons. The van der Waals surface area contributed by atoms with E-state index < -0.39 is 15.7 Å². The number of rotatable bonds is 5. The van der Waals surface area contributed by atoms with Crippen LogP contribution < -0.4 is 10.1 Å². The van der Waals surface area contributed by atoms with E-state index in [4.69, 9.17) is 4.74 Å². The summed E-state index contributed by atoms with van der Waals surface area (Å²) >= 11 is 0. The van der Waals surface area contributed by atoms with E-state index in [1.807, 2.05) is 0 Å². The first kappa shape index (κ1) is 24.4. The van der Waals surface area contributed by atoms with Crippen molar-refractivity contribution in [3.05, 3.63) is 24.0 Å². The van der Waals surface area contributed by atoms with Gasteiger partial charge >= 0.3 is 0 Å². The van der Waals surface area contributed by atoms with Gasteiger partial charge in [0, 0.05) is 38.5 Å². The van der Waals surface area contributed by atoms with Crippen LogP contribution in [0.4, 0.5) is 4.39 Å². The van der Waals surface area contributed by atoms with Crippen molar-refractivity contribution in [2.24, 2.45) is 5.92 Å². The van der Waals surface area contributed by atoms with Gasteiger partial charge in [-0.1, -0.05) is 0 Å². The van der Waals surface area contributed by atoms with Gasteiger partial charge in [0.05, 0.1) is 11.5 Å². The van der Waals surface area contributed by atoms with Crippen molar-refractivity contribution in [2.75, 3.05) is 39.0 Å². The molecular formula is C18H29Cl2FN2O3S. The zero-order valence-corrected chi connectivity index (χ0v) is 18.0. The van der Waals surface area contributed by atoms with E-state index in [0.29, 0.717) is 18.6 Å². The summed E-state index contributed by atoms with van der Waals surface area (Å²) in [5.41, 5.74) is 0. The van der Waals surface area contributed by atoms with Gasteiger partial charge in [-0.25, -0.2) is 12.8 Å². The molecule has 0 unspecified atom stereocenters. The molecule has 1 saturated heterocycles. The summed E-state index contributed by atoms with van der Waals surface area (Å²) in [6.07, 6.45) is 5.60. The molecule has 3 rings (SSSR count). The number of halogens is 3. The van der Waals surface area contributed by atoms with Crippen LogP contribution >= 0.6 is 24.8 Å². The van der Waals surface area contributed by atoms with Gasteiger partial charge in [-0.05, 0) is 49.8 Å². The van der Waals surface area contributed by atoms with Crippen LogP contribution in [-0.4, -0.2) is 58.4 Å². The average molecular weight is 443 g/mol. The fraction of sp³-hybridized carbons (Fsp3) is 0.667. The third kappa shape index (κ3) is 6.75. The number of hydrogen-bond donors (Lipinski definition) is 1. The fourth-order valence-corrected chi connectivity index (χ4v) is 4.39. The number of nitrogens with one attached hydrogen (secondary N) is 1. The number of nitrogens with zero attached hydrogens (tertiary/aromatic N) is 1. The Kier molecular flexibility index (Phi) is 9.79. The maximum absolute atomic E-state index is 14.0. The lowest BCUT2D eigenvalue weighted by molar-refractivity contribution is 0.105. The van der Waals surface area contributed by atoms with Crippen molar-refractivity contribution in [3.8, 4) is 5.75 Å². The van der Waals surface area contributed by atoms with Gasteiger partial charge in [-0.15, -0.1) is 24.8 Å². The zero-order valence-electron chi connectivity index (χ0n) is 15.5. The molecule has 1 saturated carbocycles. The van der Waals surface area contributed by atoms with Crippen LogP contribution in [0.3, 0.4) is 0 Å². The standard InChI is InChI=1S/C18H27FN2O3S.2ClH/c1-25(22,23)16-6-7-18(17(19)12-16)24-13-14-2-4-15(5-3-14)21-10-8-20-9-11-21;;/h6-7,12,14-15,20H,2-5,8-11,13H2,1H3;2*1H/t14-,15-;;. The van der Waals surface area contributed by atoms with Crippen molar-refractivity contribution < 1.29 is 17.5 Å². The molecule has 0 atom stereocenters. The topological polar surface area (TPSA) is 58.6 Å². The first-order valence-corrected chi connectivity index (χ1v) is 10.9. The van der Waals surface area contributed by atoms with Crippen molar-refractivity contribution in [2.45, 2.75) is 36.6 Å². The summed E-state index contributed by atoms with van der Waals surface area (Å²) < 4.78 is 42.6. The molecule has 1 aromatic rings. The van der Waals surface area contributed by atoms with Crippen molar-refractivity contribution in [1.29, 1.82) is 0 Å². The van der Waals surface area contributed by atoms with E-state index in [-0.39, 0.29) is 35.5 Å². The van der Waals surface area contributed by atoms with E-state index in [1.165, 1.54) is 25.0 Å². The predicted octanol–water partition coefficient (Wildman–Crippen LogP) is 2.92. The third-order valence-corrected chi connectivity index (χ3v) is 6.40. The molecule has 2 fully saturated rings. The predicted molar refractivity (Wildman–Crippen MR) is 110 cm³/mol. The lowest BCUT2D eigenvalue weighted by Gasteiger charge is -2.39. The van der Waals surface area contributed by atoms with Crippen LogP contribution in [-0.2, 0) is 9.84 Å².